The van der Waals surface area contributed by atoms with Gasteiger partial charge < -0.3 is 10.5 Å². The molecule has 1 aromatic rings. The van der Waals surface area contributed by atoms with Crippen molar-refractivity contribution in [3.8, 4) is 5.88 Å². The van der Waals surface area contributed by atoms with Crippen LogP contribution in [0.25, 0.3) is 0 Å². The second-order valence-corrected chi connectivity index (χ2v) is 2.08. The number of aromatic nitrogens is 2. The van der Waals surface area contributed by atoms with Gasteiger partial charge in [-0.1, -0.05) is 12.7 Å². The molecule has 2 N–H and O–H groups in total. The molecule has 4 nitrogen and oxygen atoms in total. The van der Waals surface area contributed by atoms with Crippen molar-refractivity contribution < 1.29 is 4.74 Å². The maximum absolute atomic E-state index is 5.36. The molecule has 1 heterocycles. The lowest BCUT2D eigenvalue weighted by atomic mass is 10.6. The summed E-state index contributed by atoms with van der Waals surface area (Å²) in [5.74, 6) is 0.733. The van der Waals surface area contributed by atoms with Gasteiger partial charge in [-0.25, -0.2) is 0 Å². The van der Waals surface area contributed by atoms with E-state index in [1.54, 1.807) is 6.08 Å². The van der Waals surface area contributed by atoms with Crippen molar-refractivity contribution in [1.29, 1.82) is 0 Å². The van der Waals surface area contributed by atoms with E-state index < -0.39 is 0 Å². The smallest absolute Gasteiger partial charge is 0.270 e. The summed E-state index contributed by atoms with van der Waals surface area (Å²) in [6, 6.07) is 0. The van der Waals surface area contributed by atoms with Crippen molar-refractivity contribution >= 4 is 17.5 Å². The quantitative estimate of drug-likeness (QED) is 0.655. The van der Waals surface area contributed by atoms with E-state index in [4.69, 9.17) is 10.5 Å². The summed E-state index contributed by atoms with van der Waals surface area (Å²) in [5.41, 5.74) is 5.36. The molecule has 0 aromatic carbocycles. The van der Waals surface area contributed by atoms with Gasteiger partial charge in [0.05, 0.1) is 11.7 Å². The molecule has 0 amide bonds. The largest absolute Gasteiger partial charge is 0.470 e. The Kier molecular flexibility index (Phi) is 2.22. The molecule has 0 fully saturated rings. The highest BCUT2D eigenvalue weighted by Gasteiger charge is 2.02. The highest BCUT2D eigenvalue weighted by Crippen LogP contribution is 2.16. The van der Waals surface area contributed by atoms with Crippen LogP contribution in [0, 0.1) is 0 Å². The van der Waals surface area contributed by atoms with Crippen molar-refractivity contribution in [3.63, 3.8) is 0 Å². The minimum atomic E-state index is 0.340. The number of hydrogen-bond donors (Lipinski definition) is 1. The first-order valence-corrected chi connectivity index (χ1v) is 3.39. The molecular weight excluding hydrogens is 150 g/mol. The van der Waals surface area contributed by atoms with Crippen LogP contribution < -0.4 is 10.5 Å². The second-order valence-electron chi connectivity index (χ2n) is 1.55. The van der Waals surface area contributed by atoms with E-state index in [1.165, 1.54) is 0 Å². The van der Waals surface area contributed by atoms with Crippen LogP contribution in [0.1, 0.15) is 0 Å². The van der Waals surface area contributed by atoms with Gasteiger partial charge in [-0.15, -0.1) is 4.37 Å². The van der Waals surface area contributed by atoms with E-state index in [9.17, 15) is 0 Å². The maximum Gasteiger partial charge on any atom is 0.270 e. The van der Waals surface area contributed by atoms with Gasteiger partial charge in [0.15, 0.2) is 0 Å². The monoisotopic (exact) mass is 157 g/mol. The van der Waals surface area contributed by atoms with Crippen molar-refractivity contribution in [2.24, 2.45) is 0 Å². The number of anilines is 1. The standard InChI is InChI=1S/C5H7N3OS/c1-2-3-9-5-4(6)7-10-8-5/h2H,1,3H2,(H2,6,7). The van der Waals surface area contributed by atoms with Crippen molar-refractivity contribution in [2.45, 2.75) is 0 Å². The Morgan fingerprint density at radius 1 is 1.70 bits per heavy atom. The number of nitrogens with two attached hydrogens (primary N) is 1. The molecule has 1 rings (SSSR count). The Balaban J connectivity index is 2.56. The molecule has 0 aliphatic heterocycles. The zero-order valence-electron chi connectivity index (χ0n) is 5.28. The van der Waals surface area contributed by atoms with E-state index in [-0.39, 0.29) is 0 Å². The molecule has 0 aliphatic carbocycles. The summed E-state index contributed by atoms with van der Waals surface area (Å²) in [5, 5.41) is 0. The summed E-state index contributed by atoms with van der Waals surface area (Å²) < 4.78 is 12.5. The molecule has 0 saturated heterocycles. The lowest BCUT2D eigenvalue weighted by molar-refractivity contribution is 0.354. The lowest BCUT2D eigenvalue weighted by Gasteiger charge is -1.95. The molecule has 0 radical (unpaired) electrons. The summed E-state index contributed by atoms with van der Waals surface area (Å²) in [6.45, 7) is 3.89. The number of hydrogen-bond acceptors (Lipinski definition) is 5. The predicted octanol–water partition coefficient (Wildman–Crippen LogP) is 0.685. The lowest BCUT2D eigenvalue weighted by Crippen LogP contribution is -1.96. The van der Waals surface area contributed by atoms with Crippen molar-refractivity contribution in [2.75, 3.05) is 12.3 Å². The van der Waals surface area contributed by atoms with E-state index in [2.05, 4.69) is 15.3 Å². The zero-order valence-corrected chi connectivity index (χ0v) is 6.10. The van der Waals surface area contributed by atoms with Crippen LogP contribution in [0.2, 0.25) is 0 Å². The number of nitrogen functional groups attached to an aromatic ring is 1. The van der Waals surface area contributed by atoms with Crippen LogP contribution in [0.5, 0.6) is 5.88 Å². The van der Waals surface area contributed by atoms with Gasteiger partial charge in [-0.05, 0) is 0 Å². The zero-order chi connectivity index (χ0) is 7.40. The first kappa shape index (κ1) is 7.01. The second kappa shape index (κ2) is 3.17. The molecule has 54 valence electrons. The predicted molar refractivity (Wildman–Crippen MR) is 40.0 cm³/mol. The summed E-state index contributed by atoms with van der Waals surface area (Å²) in [6.07, 6.45) is 1.62. The maximum atomic E-state index is 5.36. The fourth-order valence-electron chi connectivity index (χ4n) is 0.425. The minimum absolute atomic E-state index is 0.340. The van der Waals surface area contributed by atoms with Crippen LogP contribution >= 0.6 is 11.7 Å². The topological polar surface area (TPSA) is 61.0 Å². The molecule has 5 heteroatoms. The van der Waals surface area contributed by atoms with Crippen LogP contribution in [0.15, 0.2) is 12.7 Å². The number of nitrogens with zero attached hydrogens (tertiary/aromatic N) is 2. The van der Waals surface area contributed by atoms with E-state index in [0.29, 0.717) is 18.3 Å². The molecule has 0 aliphatic rings. The Labute approximate surface area is 62.7 Å². The van der Waals surface area contributed by atoms with Gasteiger partial charge in [-0.2, -0.15) is 4.37 Å². The number of rotatable bonds is 3. The Bertz CT molecular complexity index is 222. The Morgan fingerprint density at radius 2 is 2.50 bits per heavy atom. The first-order chi connectivity index (χ1) is 4.84. The minimum Gasteiger partial charge on any atom is -0.470 e. The van der Waals surface area contributed by atoms with Crippen LogP contribution in [0.3, 0.4) is 0 Å². The van der Waals surface area contributed by atoms with Crippen LogP contribution in [-0.4, -0.2) is 15.4 Å². The molecule has 0 spiro atoms. The van der Waals surface area contributed by atoms with E-state index in [0.717, 1.165) is 11.7 Å². The van der Waals surface area contributed by atoms with Gasteiger partial charge in [0.25, 0.3) is 5.88 Å². The fraction of sp³-hybridized carbons (Fsp3) is 0.200. The normalized spacial score (nSPS) is 9.20. The third-order valence-electron chi connectivity index (χ3n) is 0.820. The average Bonchev–Trinajstić information content (AvgIpc) is 2.31. The molecule has 10 heavy (non-hydrogen) atoms. The average molecular weight is 157 g/mol. The van der Waals surface area contributed by atoms with Gasteiger partial charge in [0.2, 0.25) is 5.82 Å². The SMILES string of the molecule is C=CCOc1nsnc1N. The molecule has 0 bridgehead atoms. The highest BCUT2D eigenvalue weighted by molar-refractivity contribution is 6.99. The first-order valence-electron chi connectivity index (χ1n) is 2.66. The summed E-state index contributed by atoms with van der Waals surface area (Å²) in [7, 11) is 0. The van der Waals surface area contributed by atoms with E-state index >= 15 is 0 Å². The summed E-state index contributed by atoms with van der Waals surface area (Å²) in [4.78, 5) is 0. The summed E-state index contributed by atoms with van der Waals surface area (Å²) >= 11 is 1.03. The third-order valence-corrected chi connectivity index (χ3v) is 1.35. The highest BCUT2D eigenvalue weighted by atomic mass is 32.1. The van der Waals surface area contributed by atoms with Gasteiger partial charge >= 0.3 is 0 Å². The number of ether oxygens (including phenoxy) is 1. The molecule has 1 aromatic heterocycles. The molecule has 0 atom stereocenters. The van der Waals surface area contributed by atoms with Gasteiger partial charge in [-0.3, -0.25) is 0 Å². The van der Waals surface area contributed by atoms with Gasteiger partial charge in [0, 0.05) is 0 Å². The Morgan fingerprint density at radius 3 is 3.00 bits per heavy atom. The molecular formula is C5H7N3OS. The third kappa shape index (κ3) is 1.44. The van der Waals surface area contributed by atoms with E-state index in [1.807, 2.05) is 0 Å². The van der Waals surface area contributed by atoms with Crippen LogP contribution in [-0.2, 0) is 0 Å². The van der Waals surface area contributed by atoms with Crippen LogP contribution in [0.4, 0.5) is 5.82 Å². The van der Waals surface area contributed by atoms with Crippen molar-refractivity contribution in [3.05, 3.63) is 12.7 Å². The van der Waals surface area contributed by atoms with Gasteiger partial charge in [0.1, 0.15) is 6.61 Å². The van der Waals surface area contributed by atoms with Crippen molar-refractivity contribution in [1.82, 2.24) is 8.75 Å². The Hall–Kier alpha value is -1.10. The molecule has 0 unspecified atom stereocenters. The molecule has 0 saturated carbocycles. The fourth-order valence-corrected chi connectivity index (χ4v) is 0.853.